The van der Waals surface area contributed by atoms with E-state index in [9.17, 15) is 15.3 Å². The Bertz CT molecular complexity index is 1130. The monoisotopic (exact) mass is 439 g/mol. The molecular formula is C22H25N5O3S. The first kappa shape index (κ1) is 19.4. The maximum Gasteiger partial charge on any atom is 0.224 e. The molecular weight excluding hydrogens is 414 g/mol. The average Bonchev–Trinajstić information content (AvgIpc) is 3.58. The van der Waals surface area contributed by atoms with E-state index in [-0.39, 0.29) is 5.92 Å². The average molecular weight is 440 g/mol. The quantitative estimate of drug-likeness (QED) is 0.396. The molecule has 6 rings (SSSR count). The molecule has 3 fully saturated rings. The topological polar surface area (TPSA) is 123 Å². The molecule has 0 amide bonds. The predicted octanol–water partition coefficient (Wildman–Crippen LogP) is 2.15. The van der Waals surface area contributed by atoms with E-state index >= 15 is 0 Å². The number of thiazole rings is 1. The first-order chi connectivity index (χ1) is 14.9. The third kappa shape index (κ3) is 3.10. The van der Waals surface area contributed by atoms with Crippen LogP contribution in [0.4, 0.5) is 11.8 Å². The van der Waals surface area contributed by atoms with Crippen molar-refractivity contribution >= 4 is 33.3 Å². The van der Waals surface area contributed by atoms with Crippen LogP contribution in [0.5, 0.6) is 0 Å². The summed E-state index contributed by atoms with van der Waals surface area (Å²) in [5.41, 5.74) is 1.11. The zero-order valence-electron chi connectivity index (χ0n) is 17.1. The summed E-state index contributed by atoms with van der Waals surface area (Å²) in [7, 11) is 0. The van der Waals surface area contributed by atoms with E-state index in [2.05, 4.69) is 15.6 Å². The van der Waals surface area contributed by atoms with E-state index in [1.807, 2.05) is 31.2 Å². The summed E-state index contributed by atoms with van der Waals surface area (Å²) in [5, 5.41) is 38.5. The highest BCUT2D eigenvalue weighted by molar-refractivity contribution is 7.21. The molecule has 8 nitrogen and oxygen atoms in total. The molecule has 0 saturated heterocycles. The van der Waals surface area contributed by atoms with Gasteiger partial charge >= 0.3 is 0 Å². The minimum atomic E-state index is -1.41. The van der Waals surface area contributed by atoms with Gasteiger partial charge in [-0.1, -0.05) is 12.1 Å². The first-order valence-electron chi connectivity index (χ1n) is 10.8. The highest BCUT2D eigenvalue weighted by atomic mass is 32.1. The van der Waals surface area contributed by atoms with Gasteiger partial charge in [0.2, 0.25) is 5.95 Å². The maximum atomic E-state index is 10.6. The first-order valence-corrected chi connectivity index (χ1v) is 11.6. The Kier molecular flexibility index (Phi) is 4.27. The van der Waals surface area contributed by atoms with Crippen LogP contribution in [0.3, 0.4) is 0 Å². The summed E-state index contributed by atoms with van der Waals surface area (Å²) in [5.74, 6) is 1.52. The normalized spacial score (nSPS) is 31.6. The number of rotatable bonds is 6. The number of aromatic nitrogens is 3. The smallest absolute Gasteiger partial charge is 0.224 e. The Balaban J connectivity index is 1.37. The van der Waals surface area contributed by atoms with Gasteiger partial charge in [0.05, 0.1) is 33.6 Å². The van der Waals surface area contributed by atoms with Gasteiger partial charge in [-0.25, -0.2) is 9.97 Å². The summed E-state index contributed by atoms with van der Waals surface area (Å²) < 4.78 is 1.08. The number of aryl methyl sites for hydroxylation is 1. The van der Waals surface area contributed by atoms with E-state index in [0.717, 1.165) is 33.0 Å². The third-order valence-electron chi connectivity index (χ3n) is 6.87. The van der Waals surface area contributed by atoms with E-state index < -0.39 is 23.9 Å². The fraction of sp³-hybridized carbons (Fsp3) is 0.500. The maximum absolute atomic E-state index is 10.6. The molecule has 9 heteroatoms. The van der Waals surface area contributed by atoms with Crippen LogP contribution in [-0.2, 0) is 0 Å². The third-order valence-corrected chi connectivity index (χ3v) is 7.92. The van der Waals surface area contributed by atoms with Gasteiger partial charge < -0.3 is 26.0 Å². The van der Waals surface area contributed by atoms with Crippen molar-refractivity contribution in [1.82, 2.24) is 15.0 Å². The van der Waals surface area contributed by atoms with Crippen LogP contribution in [0.1, 0.15) is 25.0 Å². The van der Waals surface area contributed by atoms with Gasteiger partial charge in [0.1, 0.15) is 22.5 Å². The highest BCUT2D eigenvalue weighted by Crippen LogP contribution is 2.56. The van der Waals surface area contributed by atoms with Crippen LogP contribution in [0.2, 0.25) is 0 Å². The number of nitrogens with zero attached hydrogens (tertiary/aromatic N) is 3. The van der Waals surface area contributed by atoms with E-state index in [1.54, 1.807) is 11.3 Å². The number of nitrogens with one attached hydrogen (secondary N) is 2. The molecule has 0 bridgehead atoms. The summed E-state index contributed by atoms with van der Waals surface area (Å²) in [6.07, 6.45) is 1.03. The van der Waals surface area contributed by atoms with Gasteiger partial charge in [-0.15, -0.1) is 11.3 Å². The lowest BCUT2D eigenvalue weighted by Gasteiger charge is -2.25. The van der Waals surface area contributed by atoms with Crippen molar-refractivity contribution in [1.29, 1.82) is 0 Å². The molecule has 3 saturated carbocycles. The molecule has 1 unspecified atom stereocenters. The van der Waals surface area contributed by atoms with Crippen LogP contribution in [0.15, 0.2) is 24.3 Å². The van der Waals surface area contributed by atoms with Crippen LogP contribution in [0.25, 0.3) is 20.8 Å². The molecule has 2 aromatic heterocycles. The number of fused-ring (bicyclic) bond motifs is 2. The molecule has 5 N–H and O–H groups in total. The predicted molar refractivity (Wildman–Crippen MR) is 119 cm³/mol. The molecule has 3 aliphatic carbocycles. The zero-order chi connectivity index (χ0) is 21.3. The van der Waals surface area contributed by atoms with Gasteiger partial charge in [-0.2, -0.15) is 4.98 Å². The Morgan fingerprint density at radius 1 is 1.13 bits per heavy atom. The summed E-state index contributed by atoms with van der Waals surface area (Å²) in [4.78, 5) is 14.2. The summed E-state index contributed by atoms with van der Waals surface area (Å²) in [6.45, 7) is 2.79. The zero-order valence-corrected chi connectivity index (χ0v) is 17.9. The number of para-hydroxylation sites is 1. The minimum Gasteiger partial charge on any atom is -0.390 e. The lowest BCUT2D eigenvalue weighted by molar-refractivity contribution is -0.0262. The van der Waals surface area contributed by atoms with Crippen LogP contribution in [0, 0.1) is 18.8 Å². The van der Waals surface area contributed by atoms with Crippen LogP contribution >= 0.6 is 11.3 Å². The number of anilines is 2. The van der Waals surface area contributed by atoms with Crippen molar-refractivity contribution in [2.24, 2.45) is 11.8 Å². The van der Waals surface area contributed by atoms with Gasteiger partial charge in [0.15, 0.2) is 0 Å². The number of hydrogen-bond acceptors (Lipinski definition) is 9. The van der Waals surface area contributed by atoms with Gasteiger partial charge in [0.25, 0.3) is 0 Å². The Hall–Kier alpha value is -2.33. The Morgan fingerprint density at radius 2 is 1.94 bits per heavy atom. The van der Waals surface area contributed by atoms with Crippen LogP contribution in [-0.4, -0.2) is 60.7 Å². The van der Waals surface area contributed by atoms with Crippen LogP contribution < -0.4 is 10.6 Å². The SMILES string of the molecule is Cc1nc(NCC2CC2)nc(N[C@@H]2C[C@@H]3C(O)[C@]3(O)[C@@H]2O)c1-c1nc2ccccc2s1. The number of aliphatic hydroxyl groups is 3. The summed E-state index contributed by atoms with van der Waals surface area (Å²) >= 11 is 1.58. The molecule has 0 spiro atoms. The number of aliphatic hydroxyl groups excluding tert-OH is 2. The van der Waals surface area contributed by atoms with E-state index in [4.69, 9.17) is 9.97 Å². The Morgan fingerprint density at radius 3 is 2.65 bits per heavy atom. The minimum absolute atomic E-state index is 0.304. The van der Waals surface area contributed by atoms with Gasteiger partial charge in [0, 0.05) is 12.5 Å². The second kappa shape index (κ2) is 6.83. The fourth-order valence-corrected chi connectivity index (χ4v) is 5.81. The molecule has 162 valence electrons. The molecule has 0 radical (unpaired) electrons. The van der Waals surface area contributed by atoms with Gasteiger partial charge in [-0.05, 0) is 44.2 Å². The van der Waals surface area contributed by atoms with E-state index in [1.165, 1.54) is 12.8 Å². The second-order valence-corrected chi connectivity index (χ2v) is 10.1. The van der Waals surface area contributed by atoms with Crippen molar-refractivity contribution in [3.8, 4) is 10.6 Å². The lowest BCUT2D eigenvalue weighted by atomic mass is 10.1. The Labute approximate surface area is 183 Å². The van der Waals surface area contributed by atoms with E-state index in [0.29, 0.717) is 24.1 Å². The lowest BCUT2D eigenvalue weighted by Crippen LogP contribution is -2.42. The van der Waals surface area contributed by atoms with Crippen molar-refractivity contribution < 1.29 is 15.3 Å². The highest BCUT2D eigenvalue weighted by Gasteiger charge is 2.74. The molecule has 5 atom stereocenters. The van der Waals surface area contributed by atoms with Crippen molar-refractivity contribution in [3.63, 3.8) is 0 Å². The fourth-order valence-electron chi connectivity index (χ4n) is 4.75. The number of benzene rings is 1. The van der Waals surface area contributed by atoms with Crippen molar-refractivity contribution in [2.75, 3.05) is 17.2 Å². The largest absolute Gasteiger partial charge is 0.390 e. The standard InChI is InChI=1S/C22H25N5O3S/c1-10-16(20-26-13-4-2-3-5-15(13)31-20)19(27-21(24-10)23-9-11-6-7-11)25-14-8-12-17(28)22(12,30)18(14)29/h2-5,11-12,14,17-18,28-30H,6-9H2,1H3,(H2,23,24,25,27)/t12-,14-,17?,18-,22+/m1/s1. The molecule has 2 heterocycles. The number of hydrogen-bond donors (Lipinski definition) is 5. The molecule has 0 aliphatic heterocycles. The van der Waals surface area contributed by atoms with Crippen molar-refractivity contribution in [2.45, 2.75) is 50.0 Å². The molecule has 3 aromatic rings. The molecule has 1 aromatic carbocycles. The summed E-state index contributed by atoms with van der Waals surface area (Å²) in [6, 6.07) is 7.57. The second-order valence-electron chi connectivity index (χ2n) is 9.04. The molecule has 31 heavy (non-hydrogen) atoms. The van der Waals surface area contributed by atoms with Gasteiger partial charge in [-0.3, -0.25) is 0 Å². The molecule has 3 aliphatic rings. The van der Waals surface area contributed by atoms with Crippen molar-refractivity contribution in [3.05, 3.63) is 30.0 Å².